The summed E-state index contributed by atoms with van der Waals surface area (Å²) in [5, 5.41) is 8.57. The Kier molecular flexibility index (Phi) is 4.25. The standard InChI is InChI=1S/C13H18N4O4/c1-15-11-10(12(20)16(2)13(15)21)14-8-17(11)7-5-3-4-6-9(18)19/h8H,3-7H2,1-2H3,(H,18,19). The quantitative estimate of drug-likeness (QED) is 0.761. The van der Waals surface area contributed by atoms with Gasteiger partial charge in [0.15, 0.2) is 5.52 Å². The van der Waals surface area contributed by atoms with Crippen LogP contribution in [0, 0.1) is 0 Å². The fraction of sp³-hybridized carbons (Fsp3) is 0.538. The second-order valence-corrected chi connectivity index (χ2v) is 5.02. The molecule has 21 heavy (non-hydrogen) atoms. The highest BCUT2D eigenvalue weighted by atomic mass is 16.4. The number of carboxylic acid groups (broad SMARTS) is 1. The molecule has 0 saturated heterocycles. The number of nitrogens with zero attached hydrogens (tertiary/aromatic N) is 4. The molecule has 2 aromatic heterocycles. The maximum Gasteiger partial charge on any atom is 0.332 e. The monoisotopic (exact) mass is 294 g/mol. The molecule has 8 heteroatoms. The van der Waals surface area contributed by atoms with Gasteiger partial charge in [0, 0.05) is 27.1 Å². The lowest BCUT2D eigenvalue weighted by molar-refractivity contribution is -0.137. The van der Waals surface area contributed by atoms with E-state index in [1.165, 1.54) is 11.6 Å². The summed E-state index contributed by atoms with van der Waals surface area (Å²) in [6.07, 6.45) is 3.85. The lowest BCUT2D eigenvalue weighted by Crippen LogP contribution is -2.37. The predicted octanol–water partition coefficient (Wildman–Crippen LogP) is 0.0787. The topological polar surface area (TPSA) is 99.1 Å². The van der Waals surface area contributed by atoms with Crippen LogP contribution < -0.4 is 11.2 Å². The zero-order chi connectivity index (χ0) is 15.6. The first-order valence-electron chi connectivity index (χ1n) is 6.76. The van der Waals surface area contributed by atoms with Crippen LogP contribution in [0.15, 0.2) is 15.9 Å². The van der Waals surface area contributed by atoms with Gasteiger partial charge in [-0.2, -0.15) is 0 Å². The van der Waals surface area contributed by atoms with Gasteiger partial charge in [-0.05, 0) is 12.8 Å². The van der Waals surface area contributed by atoms with Crippen molar-refractivity contribution < 1.29 is 9.90 Å². The molecule has 114 valence electrons. The Bertz CT molecular complexity index is 784. The number of rotatable bonds is 6. The van der Waals surface area contributed by atoms with Crippen LogP contribution in [0.3, 0.4) is 0 Å². The molecular weight excluding hydrogens is 276 g/mol. The van der Waals surface area contributed by atoms with Crippen LogP contribution in [0.4, 0.5) is 0 Å². The summed E-state index contributed by atoms with van der Waals surface area (Å²) < 4.78 is 4.20. The molecule has 0 bridgehead atoms. The smallest absolute Gasteiger partial charge is 0.332 e. The number of aromatic nitrogens is 4. The third kappa shape index (κ3) is 2.88. The average Bonchev–Trinajstić information content (AvgIpc) is 2.86. The molecule has 0 unspecified atom stereocenters. The molecule has 0 radical (unpaired) electrons. The highest BCUT2D eigenvalue weighted by molar-refractivity contribution is 5.69. The minimum absolute atomic E-state index is 0.156. The number of unbranched alkanes of at least 4 members (excludes halogenated alkanes) is 2. The summed E-state index contributed by atoms with van der Waals surface area (Å²) in [6.45, 7) is 0.594. The summed E-state index contributed by atoms with van der Waals surface area (Å²) in [7, 11) is 3.03. The van der Waals surface area contributed by atoms with Gasteiger partial charge in [-0.1, -0.05) is 6.42 Å². The average molecular weight is 294 g/mol. The number of carboxylic acids is 1. The van der Waals surface area contributed by atoms with Gasteiger partial charge in [-0.25, -0.2) is 9.78 Å². The van der Waals surface area contributed by atoms with Crippen molar-refractivity contribution in [1.29, 1.82) is 0 Å². The number of imidazole rings is 1. The zero-order valence-corrected chi connectivity index (χ0v) is 12.1. The first-order chi connectivity index (χ1) is 9.93. The number of fused-ring (bicyclic) bond motifs is 1. The first-order valence-corrected chi connectivity index (χ1v) is 6.76. The van der Waals surface area contributed by atoms with E-state index in [-0.39, 0.29) is 17.6 Å². The SMILES string of the molecule is Cn1c(=O)c2ncn(CCCCCC(=O)O)c2n(C)c1=O. The Labute approximate surface area is 120 Å². The molecule has 0 aliphatic carbocycles. The molecule has 0 aliphatic rings. The minimum Gasteiger partial charge on any atom is -0.481 e. The Morgan fingerprint density at radius 1 is 1.19 bits per heavy atom. The fourth-order valence-electron chi connectivity index (χ4n) is 2.34. The third-order valence-electron chi connectivity index (χ3n) is 3.50. The van der Waals surface area contributed by atoms with Crippen LogP contribution >= 0.6 is 0 Å². The van der Waals surface area contributed by atoms with Crippen LogP contribution in [-0.4, -0.2) is 29.8 Å². The van der Waals surface area contributed by atoms with Crippen LogP contribution in [0.1, 0.15) is 25.7 Å². The highest BCUT2D eigenvalue weighted by Gasteiger charge is 2.13. The van der Waals surface area contributed by atoms with Crippen molar-refractivity contribution in [2.75, 3.05) is 0 Å². The minimum atomic E-state index is -0.797. The van der Waals surface area contributed by atoms with E-state index in [1.807, 2.05) is 0 Å². The number of aliphatic carboxylic acids is 1. The van der Waals surface area contributed by atoms with Gasteiger partial charge in [-0.15, -0.1) is 0 Å². The lowest BCUT2D eigenvalue weighted by Gasteiger charge is -2.08. The maximum absolute atomic E-state index is 12.0. The molecule has 0 aromatic carbocycles. The molecule has 0 amide bonds. The van der Waals surface area contributed by atoms with Crippen molar-refractivity contribution in [2.45, 2.75) is 32.2 Å². The molecule has 8 nitrogen and oxygen atoms in total. The second-order valence-electron chi connectivity index (χ2n) is 5.02. The predicted molar refractivity (Wildman–Crippen MR) is 76.3 cm³/mol. The van der Waals surface area contributed by atoms with Gasteiger partial charge in [0.05, 0.1) is 6.33 Å². The van der Waals surface area contributed by atoms with Gasteiger partial charge in [-0.3, -0.25) is 18.7 Å². The summed E-state index contributed by atoms with van der Waals surface area (Å²) in [5.74, 6) is -0.797. The van der Waals surface area contributed by atoms with Gasteiger partial charge >= 0.3 is 11.7 Å². The van der Waals surface area contributed by atoms with Gasteiger partial charge in [0.1, 0.15) is 5.65 Å². The van der Waals surface area contributed by atoms with E-state index in [0.717, 1.165) is 17.4 Å². The Balaban J connectivity index is 2.21. The molecule has 0 atom stereocenters. The molecule has 0 spiro atoms. The number of hydrogen-bond donors (Lipinski definition) is 1. The summed E-state index contributed by atoms with van der Waals surface area (Å²) in [5.41, 5.74) is -0.0238. The lowest BCUT2D eigenvalue weighted by atomic mass is 10.2. The molecule has 1 N–H and O–H groups in total. The summed E-state index contributed by atoms with van der Waals surface area (Å²) >= 11 is 0. The summed E-state index contributed by atoms with van der Waals surface area (Å²) in [4.78, 5) is 38.4. The molecule has 0 fully saturated rings. The largest absolute Gasteiger partial charge is 0.481 e. The molecular formula is C13H18N4O4. The Morgan fingerprint density at radius 3 is 2.57 bits per heavy atom. The van der Waals surface area contributed by atoms with E-state index in [0.29, 0.717) is 18.6 Å². The van der Waals surface area contributed by atoms with Crippen LogP contribution in [0.2, 0.25) is 0 Å². The van der Waals surface area contributed by atoms with Gasteiger partial charge in [0.2, 0.25) is 0 Å². The molecule has 2 rings (SSSR count). The Hall–Kier alpha value is -2.38. The van der Waals surface area contributed by atoms with E-state index in [9.17, 15) is 14.4 Å². The van der Waals surface area contributed by atoms with Crippen molar-refractivity contribution in [2.24, 2.45) is 14.1 Å². The van der Waals surface area contributed by atoms with Crippen molar-refractivity contribution in [3.8, 4) is 0 Å². The van der Waals surface area contributed by atoms with E-state index in [4.69, 9.17) is 5.11 Å². The second kappa shape index (κ2) is 5.94. The number of aryl methyl sites for hydroxylation is 2. The van der Waals surface area contributed by atoms with Crippen molar-refractivity contribution in [3.05, 3.63) is 27.2 Å². The van der Waals surface area contributed by atoms with E-state index in [2.05, 4.69) is 4.98 Å². The number of hydrogen-bond acceptors (Lipinski definition) is 4. The fourth-order valence-corrected chi connectivity index (χ4v) is 2.34. The molecule has 2 aromatic rings. The van der Waals surface area contributed by atoms with E-state index >= 15 is 0 Å². The summed E-state index contributed by atoms with van der Waals surface area (Å²) in [6, 6.07) is 0. The van der Waals surface area contributed by atoms with Crippen LogP contribution in [0.25, 0.3) is 11.2 Å². The van der Waals surface area contributed by atoms with Crippen molar-refractivity contribution in [1.82, 2.24) is 18.7 Å². The molecule has 0 saturated carbocycles. The molecule has 2 heterocycles. The zero-order valence-electron chi connectivity index (χ0n) is 12.1. The van der Waals surface area contributed by atoms with E-state index < -0.39 is 11.5 Å². The van der Waals surface area contributed by atoms with Crippen molar-refractivity contribution >= 4 is 17.1 Å². The Morgan fingerprint density at radius 2 is 1.90 bits per heavy atom. The third-order valence-corrected chi connectivity index (χ3v) is 3.50. The maximum atomic E-state index is 12.0. The van der Waals surface area contributed by atoms with Crippen LogP contribution in [-0.2, 0) is 25.4 Å². The van der Waals surface area contributed by atoms with E-state index in [1.54, 1.807) is 17.9 Å². The van der Waals surface area contributed by atoms with Gasteiger partial charge < -0.3 is 9.67 Å². The van der Waals surface area contributed by atoms with Crippen LogP contribution in [0.5, 0.6) is 0 Å². The van der Waals surface area contributed by atoms with Crippen molar-refractivity contribution in [3.63, 3.8) is 0 Å². The first kappa shape index (κ1) is 15.0. The molecule has 0 aliphatic heterocycles. The number of carbonyl (C=O) groups is 1. The van der Waals surface area contributed by atoms with Gasteiger partial charge in [0.25, 0.3) is 5.56 Å². The normalized spacial score (nSPS) is 11.1. The highest BCUT2D eigenvalue weighted by Crippen LogP contribution is 2.09.